The van der Waals surface area contributed by atoms with E-state index in [2.05, 4.69) is 44.3 Å². The van der Waals surface area contributed by atoms with Crippen LogP contribution < -0.4 is 5.32 Å². The summed E-state index contributed by atoms with van der Waals surface area (Å²) in [5.41, 5.74) is 2.64. The van der Waals surface area contributed by atoms with Gasteiger partial charge in [-0.05, 0) is 44.0 Å². The molecular weight excluding hydrogens is 304 g/mol. The number of halogens is 1. The molecule has 2 rings (SSSR count). The van der Waals surface area contributed by atoms with Crippen molar-refractivity contribution in [3.63, 3.8) is 0 Å². The first-order chi connectivity index (χ1) is 9.56. The van der Waals surface area contributed by atoms with Crippen molar-refractivity contribution in [2.75, 3.05) is 25.4 Å². The van der Waals surface area contributed by atoms with E-state index in [0.717, 1.165) is 25.4 Å². The maximum atomic E-state index is 12.1. The minimum Gasteiger partial charge on any atom is -0.340 e. The van der Waals surface area contributed by atoms with Gasteiger partial charge in [0, 0.05) is 42.7 Å². The average Bonchev–Trinajstić information content (AvgIpc) is 2.42. The van der Waals surface area contributed by atoms with Crippen LogP contribution in [0.15, 0.2) is 23.1 Å². The molecule has 0 spiro atoms. The van der Waals surface area contributed by atoms with Crippen LogP contribution >= 0.6 is 24.2 Å². The molecule has 0 saturated carbocycles. The van der Waals surface area contributed by atoms with Gasteiger partial charge in [-0.1, -0.05) is 6.07 Å². The molecule has 3 nitrogen and oxygen atoms in total. The van der Waals surface area contributed by atoms with Crippen LogP contribution in [0.4, 0.5) is 0 Å². The number of amides is 1. The number of hydrogen-bond donors (Lipinski definition) is 1. The van der Waals surface area contributed by atoms with Gasteiger partial charge in [-0.2, -0.15) is 0 Å². The fourth-order valence-corrected chi connectivity index (χ4v) is 3.31. The highest BCUT2D eigenvalue weighted by Crippen LogP contribution is 2.22. The van der Waals surface area contributed by atoms with Crippen LogP contribution in [0.25, 0.3) is 0 Å². The SMILES string of the molecule is Cc1ccc(SCCC(=O)N2CCNC(C)C2)cc1C.Cl. The molecule has 1 fully saturated rings. The molecule has 0 aliphatic carbocycles. The quantitative estimate of drug-likeness (QED) is 0.862. The molecule has 1 aromatic rings. The Balaban J connectivity index is 0.00000220. The van der Waals surface area contributed by atoms with E-state index in [0.29, 0.717) is 12.5 Å². The van der Waals surface area contributed by atoms with Gasteiger partial charge in [0.25, 0.3) is 0 Å². The Bertz CT molecular complexity index is 481. The molecule has 0 bridgehead atoms. The van der Waals surface area contributed by atoms with Gasteiger partial charge in [0.1, 0.15) is 0 Å². The van der Waals surface area contributed by atoms with Gasteiger partial charge in [0.2, 0.25) is 5.91 Å². The third kappa shape index (κ3) is 5.53. The monoisotopic (exact) mass is 328 g/mol. The van der Waals surface area contributed by atoms with E-state index in [-0.39, 0.29) is 18.3 Å². The van der Waals surface area contributed by atoms with Crippen molar-refractivity contribution < 1.29 is 4.79 Å². The van der Waals surface area contributed by atoms with E-state index in [1.54, 1.807) is 11.8 Å². The summed E-state index contributed by atoms with van der Waals surface area (Å²) in [4.78, 5) is 15.4. The van der Waals surface area contributed by atoms with Crippen LogP contribution in [0, 0.1) is 13.8 Å². The number of thioether (sulfide) groups is 1. The van der Waals surface area contributed by atoms with Gasteiger partial charge in [-0.15, -0.1) is 24.2 Å². The standard InChI is InChI=1S/C16H24N2OS.ClH/c1-12-4-5-15(10-13(12)2)20-9-6-16(19)18-8-7-17-14(3)11-18;/h4-5,10,14,17H,6-9,11H2,1-3H3;1H. The average molecular weight is 329 g/mol. The van der Waals surface area contributed by atoms with Gasteiger partial charge in [0.15, 0.2) is 0 Å². The normalized spacial score (nSPS) is 18.2. The van der Waals surface area contributed by atoms with E-state index < -0.39 is 0 Å². The highest BCUT2D eigenvalue weighted by molar-refractivity contribution is 7.99. The summed E-state index contributed by atoms with van der Waals surface area (Å²) in [6.07, 6.45) is 0.629. The van der Waals surface area contributed by atoms with Crippen molar-refractivity contribution in [1.82, 2.24) is 10.2 Å². The predicted octanol–water partition coefficient (Wildman–Crippen LogP) is 3.03. The molecule has 1 heterocycles. The van der Waals surface area contributed by atoms with E-state index >= 15 is 0 Å². The number of aryl methyl sites for hydroxylation is 2. The van der Waals surface area contributed by atoms with Gasteiger partial charge in [0.05, 0.1) is 0 Å². The number of nitrogens with one attached hydrogen (secondary N) is 1. The van der Waals surface area contributed by atoms with Gasteiger partial charge >= 0.3 is 0 Å². The Morgan fingerprint density at radius 2 is 2.14 bits per heavy atom. The molecule has 118 valence electrons. The Morgan fingerprint density at radius 3 is 2.81 bits per heavy atom. The van der Waals surface area contributed by atoms with E-state index in [1.807, 2.05) is 4.90 Å². The molecule has 0 aromatic heterocycles. The van der Waals surface area contributed by atoms with Crippen molar-refractivity contribution in [3.8, 4) is 0 Å². The number of hydrogen-bond acceptors (Lipinski definition) is 3. The third-order valence-corrected chi connectivity index (χ3v) is 4.78. The van der Waals surface area contributed by atoms with E-state index in [1.165, 1.54) is 16.0 Å². The highest BCUT2D eigenvalue weighted by Gasteiger charge is 2.19. The molecule has 0 radical (unpaired) electrons. The second kappa shape index (κ2) is 8.66. The number of nitrogens with zero attached hydrogens (tertiary/aromatic N) is 1. The van der Waals surface area contributed by atoms with E-state index in [4.69, 9.17) is 0 Å². The largest absolute Gasteiger partial charge is 0.340 e. The molecule has 1 atom stereocenters. The molecule has 5 heteroatoms. The number of rotatable bonds is 4. The number of benzene rings is 1. The van der Waals surface area contributed by atoms with Crippen LogP contribution in [-0.4, -0.2) is 42.2 Å². The summed E-state index contributed by atoms with van der Waals surface area (Å²) in [7, 11) is 0. The molecule has 1 saturated heterocycles. The van der Waals surface area contributed by atoms with Crippen molar-refractivity contribution >= 4 is 30.1 Å². The van der Waals surface area contributed by atoms with Crippen LogP contribution in [0.2, 0.25) is 0 Å². The Morgan fingerprint density at radius 1 is 1.38 bits per heavy atom. The fraction of sp³-hybridized carbons (Fsp3) is 0.562. The minimum absolute atomic E-state index is 0. The third-order valence-electron chi connectivity index (χ3n) is 3.78. The van der Waals surface area contributed by atoms with Crippen LogP contribution in [0.5, 0.6) is 0 Å². The number of carbonyl (C=O) groups is 1. The van der Waals surface area contributed by atoms with Gasteiger partial charge < -0.3 is 10.2 Å². The summed E-state index contributed by atoms with van der Waals surface area (Å²) < 4.78 is 0. The summed E-state index contributed by atoms with van der Waals surface area (Å²) in [6, 6.07) is 6.92. The Kier molecular flexibility index (Phi) is 7.57. The van der Waals surface area contributed by atoms with Crippen molar-refractivity contribution in [2.45, 2.75) is 38.1 Å². The fourth-order valence-electron chi connectivity index (χ4n) is 2.38. The zero-order valence-electron chi connectivity index (χ0n) is 13.0. The first-order valence-corrected chi connectivity index (χ1v) is 8.26. The second-order valence-corrected chi connectivity index (χ2v) is 6.71. The molecule has 1 aliphatic heterocycles. The van der Waals surface area contributed by atoms with E-state index in [9.17, 15) is 4.79 Å². The Hall–Kier alpha value is -0.710. The molecule has 1 aromatic carbocycles. The number of carbonyl (C=O) groups excluding carboxylic acids is 1. The van der Waals surface area contributed by atoms with Crippen LogP contribution in [0.1, 0.15) is 24.5 Å². The topological polar surface area (TPSA) is 32.3 Å². The first-order valence-electron chi connectivity index (χ1n) is 7.27. The maximum Gasteiger partial charge on any atom is 0.223 e. The van der Waals surface area contributed by atoms with Gasteiger partial charge in [-0.25, -0.2) is 0 Å². The molecule has 1 aliphatic rings. The molecule has 1 unspecified atom stereocenters. The zero-order chi connectivity index (χ0) is 14.5. The smallest absolute Gasteiger partial charge is 0.223 e. The summed E-state index contributed by atoms with van der Waals surface area (Å²) in [5.74, 6) is 1.15. The lowest BCUT2D eigenvalue weighted by molar-refractivity contribution is -0.131. The second-order valence-electron chi connectivity index (χ2n) is 5.54. The summed E-state index contributed by atoms with van der Waals surface area (Å²) >= 11 is 1.77. The lowest BCUT2D eigenvalue weighted by Crippen LogP contribution is -2.51. The van der Waals surface area contributed by atoms with Crippen molar-refractivity contribution in [3.05, 3.63) is 29.3 Å². The molecule has 21 heavy (non-hydrogen) atoms. The molecular formula is C16H25ClN2OS. The van der Waals surface area contributed by atoms with Crippen molar-refractivity contribution in [1.29, 1.82) is 0 Å². The van der Waals surface area contributed by atoms with Gasteiger partial charge in [-0.3, -0.25) is 4.79 Å². The predicted molar refractivity (Wildman–Crippen MR) is 92.5 cm³/mol. The summed E-state index contributed by atoms with van der Waals surface area (Å²) in [6.45, 7) is 8.98. The molecule has 1 N–H and O–H groups in total. The number of piperazine rings is 1. The zero-order valence-corrected chi connectivity index (χ0v) is 14.6. The lowest BCUT2D eigenvalue weighted by Gasteiger charge is -2.32. The van der Waals surface area contributed by atoms with Crippen LogP contribution in [0.3, 0.4) is 0 Å². The van der Waals surface area contributed by atoms with Crippen molar-refractivity contribution in [2.24, 2.45) is 0 Å². The lowest BCUT2D eigenvalue weighted by atomic mass is 10.1. The molecule has 1 amide bonds. The highest BCUT2D eigenvalue weighted by atomic mass is 35.5. The Labute approximate surface area is 138 Å². The first kappa shape index (κ1) is 18.3. The maximum absolute atomic E-state index is 12.1. The minimum atomic E-state index is 0. The van der Waals surface area contributed by atoms with Crippen LogP contribution in [-0.2, 0) is 4.79 Å². The summed E-state index contributed by atoms with van der Waals surface area (Å²) in [5, 5.41) is 3.36.